The number of nitrogens with one attached hydrogen (secondary N) is 1. The van der Waals surface area contributed by atoms with Crippen LogP contribution in [0.15, 0.2) is 12.7 Å². The second-order valence-electron chi connectivity index (χ2n) is 5.74. The third-order valence-corrected chi connectivity index (χ3v) is 5.05. The van der Waals surface area contributed by atoms with Crippen LogP contribution < -0.4 is 5.32 Å². The van der Waals surface area contributed by atoms with E-state index in [1.165, 1.54) is 36.2 Å². The molecule has 118 valence electrons. The maximum atomic E-state index is 12.0. The summed E-state index contributed by atoms with van der Waals surface area (Å²) in [6.07, 6.45) is 9.39. The average molecular weight is 319 g/mol. The van der Waals surface area contributed by atoms with E-state index in [1.54, 1.807) is 22.3 Å². The number of aromatic nitrogens is 4. The molecule has 0 fully saturated rings. The third kappa shape index (κ3) is 3.71. The smallest absolute Gasteiger partial charge is 0.228 e. The zero-order valence-corrected chi connectivity index (χ0v) is 13.6. The molecule has 0 spiro atoms. The predicted molar refractivity (Wildman–Crippen MR) is 85.8 cm³/mol. The second-order valence-corrected chi connectivity index (χ2v) is 6.83. The molecule has 1 amide bonds. The normalized spacial score (nSPS) is 17.2. The summed E-state index contributed by atoms with van der Waals surface area (Å²) in [4.78, 5) is 21.8. The van der Waals surface area contributed by atoms with Gasteiger partial charge in [-0.2, -0.15) is 5.10 Å². The lowest BCUT2D eigenvalue weighted by Gasteiger charge is -2.19. The zero-order chi connectivity index (χ0) is 15.4. The summed E-state index contributed by atoms with van der Waals surface area (Å²) >= 11 is 1.64. The third-order valence-electron chi connectivity index (χ3n) is 4.02. The van der Waals surface area contributed by atoms with Gasteiger partial charge in [-0.05, 0) is 25.2 Å². The molecule has 0 saturated carbocycles. The summed E-state index contributed by atoms with van der Waals surface area (Å²) in [7, 11) is 0. The van der Waals surface area contributed by atoms with Gasteiger partial charge < -0.3 is 5.32 Å². The van der Waals surface area contributed by atoms with Crippen LogP contribution >= 0.6 is 11.3 Å². The SMILES string of the molecule is CCC[C@H]1CCc2nc(NC(=O)CCn3cncn3)sc2C1. The number of nitrogens with zero attached hydrogens (tertiary/aromatic N) is 4. The fourth-order valence-electron chi connectivity index (χ4n) is 2.90. The van der Waals surface area contributed by atoms with Crippen molar-refractivity contribution < 1.29 is 4.79 Å². The molecule has 3 rings (SSSR count). The van der Waals surface area contributed by atoms with Gasteiger partial charge in [0.2, 0.25) is 5.91 Å². The van der Waals surface area contributed by atoms with Crippen molar-refractivity contribution in [3.8, 4) is 0 Å². The van der Waals surface area contributed by atoms with Crippen LogP contribution in [0.25, 0.3) is 0 Å². The van der Waals surface area contributed by atoms with E-state index in [0.29, 0.717) is 13.0 Å². The molecule has 7 heteroatoms. The van der Waals surface area contributed by atoms with E-state index in [2.05, 4.69) is 27.3 Å². The lowest BCUT2D eigenvalue weighted by molar-refractivity contribution is -0.116. The first-order valence-corrected chi connectivity index (χ1v) is 8.67. The Bertz CT molecular complexity index is 622. The summed E-state index contributed by atoms with van der Waals surface area (Å²) < 4.78 is 1.65. The first-order valence-electron chi connectivity index (χ1n) is 7.85. The first-order chi connectivity index (χ1) is 10.7. The number of hydrogen-bond donors (Lipinski definition) is 1. The maximum absolute atomic E-state index is 12.0. The van der Waals surface area contributed by atoms with Crippen LogP contribution in [-0.4, -0.2) is 25.7 Å². The van der Waals surface area contributed by atoms with Gasteiger partial charge in [-0.15, -0.1) is 11.3 Å². The molecular formula is C15H21N5OS. The highest BCUT2D eigenvalue weighted by molar-refractivity contribution is 7.15. The van der Waals surface area contributed by atoms with Crippen molar-refractivity contribution in [3.63, 3.8) is 0 Å². The average Bonchev–Trinajstić information content (AvgIpc) is 3.13. The Hall–Kier alpha value is -1.76. The van der Waals surface area contributed by atoms with Crippen LogP contribution in [0.4, 0.5) is 5.13 Å². The quantitative estimate of drug-likeness (QED) is 0.888. The molecule has 2 aromatic rings. The van der Waals surface area contributed by atoms with Crippen molar-refractivity contribution >= 4 is 22.4 Å². The summed E-state index contributed by atoms with van der Waals surface area (Å²) in [6, 6.07) is 0. The van der Waals surface area contributed by atoms with Crippen LogP contribution in [0.3, 0.4) is 0 Å². The van der Waals surface area contributed by atoms with Gasteiger partial charge in [0, 0.05) is 11.3 Å². The number of carbonyl (C=O) groups excluding carboxylic acids is 1. The predicted octanol–water partition coefficient (Wildman–Crippen LogP) is 2.67. The van der Waals surface area contributed by atoms with Crippen LogP contribution in [0.1, 0.15) is 43.2 Å². The Balaban J connectivity index is 1.54. The van der Waals surface area contributed by atoms with Gasteiger partial charge in [0.05, 0.1) is 12.2 Å². The van der Waals surface area contributed by atoms with Gasteiger partial charge in [-0.25, -0.2) is 9.97 Å². The fourth-order valence-corrected chi connectivity index (χ4v) is 4.04. The maximum Gasteiger partial charge on any atom is 0.228 e. The monoisotopic (exact) mass is 319 g/mol. The lowest BCUT2D eigenvalue weighted by Crippen LogP contribution is -2.14. The van der Waals surface area contributed by atoms with Gasteiger partial charge in [0.15, 0.2) is 5.13 Å². The largest absolute Gasteiger partial charge is 0.302 e. The van der Waals surface area contributed by atoms with E-state index in [9.17, 15) is 4.79 Å². The van der Waals surface area contributed by atoms with E-state index in [0.717, 1.165) is 23.9 Å². The molecule has 1 aliphatic rings. The van der Waals surface area contributed by atoms with E-state index in [-0.39, 0.29) is 5.91 Å². The van der Waals surface area contributed by atoms with Crippen LogP contribution in [-0.2, 0) is 24.2 Å². The van der Waals surface area contributed by atoms with Crippen LogP contribution in [0, 0.1) is 5.92 Å². The molecule has 1 atom stereocenters. The Kier molecular flexibility index (Phi) is 4.82. The minimum atomic E-state index is -0.0216. The van der Waals surface area contributed by atoms with Crippen molar-refractivity contribution in [1.29, 1.82) is 0 Å². The molecule has 1 aliphatic carbocycles. The van der Waals surface area contributed by atoms with Crippen molar-refractivity contribution in [1.82, 2.24) is 19.7 Å². The Morgan fingerprint density at radius 2 is 2.45 bits per heavy atom. The van der Waals surface area contributed by atoms with Crippen molar-refractivity contribution in [3.05, 3.63) is 23.2 Å². The Morgan fingerprint density at radius 1 is 1.55 bits per heavy atom. The molecule has 22 heavy (non-hydrogen) atoms. The van der Waals surface area contributed by atoms with Gasteiger partial charge in [0.1, 0.15) is 12.7 Å². The van der Waals surface area contributed by atoms with Crippen LogP contribution in [0.2, 0.25) is 0 Å². The van der Waals surface area contributed by atoms with Crippen molar-refractivity contribution in [2.45, 2.75) is 52.0 Å². The minimum absolute atomic E-state index is 0.0216. The molecule has 0 radical (unpaired) electrons. The Morgan fingerprint density at radius 3 is 3.23 bits per heavy atom. The number of anilines is 1. The number of thiazole rings is 1. The molecule has 6 nitrogen and oxygen atoms in total. The highest BCUT2D eigenvalue weighted by Crippen LogP contribution is 2.34. The highest BCUT2D eigenvalue weighted by atomic mass is 32.1. The molecule has 0 bridgehead atoms. The van der Waals surface area contributed by atoms with E-state index in [4.69, 9.17) is 0 Å². The van der Waals surface area contributed by atoms with Gasteiger partial charge in [0.25, 0.3) is 0 Å². The molecule has 0 saturated heterocycles. The number of fused-ring (bicyclic) bond motifs is 1. The van der Waals surface area contributed by atoms with Gasteiger partial charge in [-0.1, -0.05) is 19.8 Å². The molecule has 0 aliphatic heterocycles. The highest BCUT2D eigenvalue weighted by Gasteiger charge is 2.22. The number of rotatable bonds is 6. The number of hydrogen-bond acceptors (Lipinski definition) is 5. The zero-order valence-electron chi connectivity index (χ0n) is 12.8. The summed E-state index contributed by atoms with van der Waals surface area (Å²) in [5, 5.41) is 7.64. The summed E-state index contributed by atoms with van der Waals surface area (Å²) in [5.41, 5.74) is 1.18. The number of carbonyl (C=O) groups is 1. The molecule has 0 aromatic carbocycles. The van der Waals surface area contributed by atoms with Crippen molar-refractivity contribution in [2.75, 3.05) is 5.32 Å². The molecule has 0 unspecified atom stereocenters. The lowest BCUT2D eigenvalue weighted by atomic mass is 9.88. The Labute approximate surface area is 134 Å². The number of amides is 1. The molecular weight excluding hydrogens is 298 g/mol. The topological polar surface area (TPSA) is 72.7 Å². The molecule has 2 heterocycles. The molecule has 1 N–H and O–H groups in total. The second kappa shape index (κ2) is 7.00. The van der Waals surface area contributed by atoms with Gasteiger partial charge >= 0.3 is 0 Å². The standard InChI is InChI=1S/C15H21N5OS/c1-2-3-11-4-5-12-13(8-11)22-15(18-12)19-14(21)6-7-20-10-16-9-17-20/h9-11H,2-8H2,1H3,(H,18,19,21)/t11-/m0/s1. The summed E-state index contributed by atoms with van der Waals surface area (Å²) in [6.45, 7) is 2.78. The van der Waals surface area contributed by atoms with E-state index >= 15 is 0 Å². The molecule has 2 aromatic heterocycles. The van der Waals surface area contributed by atoms with E-state index < -0.39 is 0 Å². The fraction of sp³-hybridized carbons (Fsp3) is 0.600. The minimum Gasteiger partial charge on any atom is -0.302 e. The number of aryl methyl sites for hydroxylation is 2. The van der Waals surface area contributed by atoms with Crippen molar-refractivity contribution in [2.24, 2.45) is 5.92 Å². The van der Waals surface area contributed by atoms with Crippen LogP contribution in [0.5, 0.6) is 0 Å². The van der Waals surface area contributed by atoms with Gasteiger partial charge in [-0.3, -0.25) is 9.48 Å². The summed E-state index contributed by atoms with van der Waals surface area (Å²) in [5.74, 6) is 0.764. The van der Waals surface area contributed by atoms with E-state index in [1.807, 2.05) is 0 Å². The first kappa shape index (κ1) is 15.1.